The summed E-state index contributed by atoms with van der Waals surface area (Å²) >= 11 is 0. The molecule has 0 aliphatic rings. The van der Waals surface area contributed by atoms with Crippen molar-refractivity contribution < 1.29 is 27.2 Å². The van der Waals surface area contributed by atoms with Crippen molar-refractivity contribution in [3.8, 4) is 5.75 Å². The Morgan fingerprint density at radius 2 is 2.00 bits per heavy atom. The van der Waals surface area contributed by atoms with E-state index in [2.05, 4.69) is 15.5 Å². The van der Waals surface area contributed by atoms with E-state index in [-0.39, 0.29) is 29.8 Å². The number of hydrogen-bond acceptors (Lipinski definition) is 5. The molecule has 23 heavy (non-hydrogen) atoms. The molecule has 0 saturated carbocycles. The number of hydrogen-bond donors (Lipinski definition) is 1. The first-order valence-electron chi connectivity index (χ1n) is 6.66. The van der Waals surface area contributed by atoms with Crippen LogP contribution in [0.4, 0.5) is 13.2 Å². The van der Waals surface area contributed by atoms with E-state index in [9.17, 15) is 18.0 Å². The van der Waals surface area contributed by atoms with Crippen molar-refractivity contribution in [1.82, 2.24) is 15.5 Å². The molecule has 124 valence electrons. The molecule has 1 heterocycles. The van der Waals surface area contributed by atoms with Gasteiger partial charge >= 0.3 is 6.18 Å². The van der Waals surface area contributed by atoms with E-state index in [0.29, 0.717) is 0 Å². The van der Waals surface area contributed by atoms with Crippen LogP contribution in [0.15, 0.2) is 28.8 Å². The largest absolute Gasteiger partial charge is 0.481 e. The summed E-state index contributed by atoms with van der Waals surface area (Å²) in [5.74, 6) is 0.288. The van der Waals surface area contributed by atoms with E-state index in [1.165, 1.54) is 19.2 Å². The molecule has 0 spiro atoms. The molecule has 2 aromatic rings. The second kappa shape index (κ2) is 6.67. The Kier molecular flexibility index (Phi) is 4.87. The first kappa shape index (κ1) is 16.8. The number of aromatic nitrogens is 2. The third-order valence-electron chi connectivity index (χ3n) is 2.92. The van der Waals surface area contributed by atoms with Crippen molar-refractivity contribution >= 4 is 5.91 Å². The topological polar surface area (TPSA) is 77.2 Å². The molecule has 0 bridgehead atoms. The molecule has 0 aliphatic heterocycles. The van der Waals surface area contributed by atoms with Crippen molar-refractivity contribution in [2.45, 2.75) is 25.6 Å². The number of alkyl halides is 3. The summed E-state index contributed by atoms with van der Waals surface area (Å²) in [7, 11) is 1.49. The number of nitrogens with zero attached hydrogens (tertiary/aromatic N) is 2. The fourth-order valence-corrected chi connectivity index (χ4v) is 1.71. The SMILES string of the molecule is CNC(=O)Cc1noc(C(C)Oc2ccc(C(F)(F)F)cc2)n1. The van der Waals surface area contributed by atoms with Crippen molar-refractivity contribution in [3.63, 3.8) is 0 Å². The fraction of sp³-hybridized carbons (Fsp3) is 0.357. The molecular formula is C14H14F3N3O3. The highest BCUT2D eigenvalue weighted by molar-refractivity contribution is 5.77. The molecule has 9 heteroatoms. The van der Waals surface area contributed by atoms with E-state index in [1.54, 1.807) is 6.92 Å². The highest BCUT2D eigenvalue weighted by Crippen LogP contribution is 2.31. The summed E-state index contributed by atoms with van der Waals surface area (Å²) in [5.41, 5.74) is -0.761. The van der Waals surface area contributed by atoms with E-state index in [1.807, 2.05) is 0 Å². The van der Waals surface area contributed by atoms with Crippen molar-refractivity contribution in [3.05, 3.63) is 41.5 Å². The van der Waals surface area contributed by atoms with E-state index < -0.39 is 17.8 Å². The molecule has 1 amide bonds. The van der Waals surface area contributed by atoms with Crippen molar-refractivity contribution in [1.29, 1.82) is 0 Å². The normalized spacial score (nSPS) is 12.7. The lowest BCUT2D eigenvalue weighted by molar-refractivity contribution is -0.137. The zero-order chi connectivity index (χ0) is 17.0. The number of carbonyl (C=O) groups is 1. The predicted octanol–water partition coefficient (Wildman–Crippen LogP) is 2.52. The maximum absolute atomic E-state index is 12.5. The Hall–Kier alpha value is -2.58. The van der Waals surface area contributed by atoms with Crippen molar-refractivity contribution in [2.75, 3.05) is 7.05 Å². The number of likely N-dealkylation sites (N-methyl/N-ethyl adjacent to an activating group) is 1. The van der Waals surface area contributed by atoms with Crippen LogP contribution in [0.1, 0.15) is 30.3 Å². The maximum Gasteiger partial charge on any atom is 0.416 e. The van der Waals surface area contributed by atoms with Gasteiger partial charge < -0.3 is 14.6 Å². The molecule has 1 atom stereocenters. The van der Waals surface area contributed by atoms with Gasteiger partial charge in [-0.2, -0.15) is 18.2 Å². The number of nitrogens with one attached hydrogen (secondary N) is 1. The Morgan fingerprint density at radius 3 is 2.57 bits per heavy atom. The van der Waals surface area contributed by atoms with Gasteiger partial charge in [0.1, 0.15) is 5.75 Å². The lowest BCUT2D eigenvalue weighted by Gasteiger charge is -2.12. The van der Waals surface area contributed by atoms with Gasteiger partial charge in [-0.05, 0) is 31.2 Å². The minimum absolute atomic E-state index is 0.0347. The first-order valence-corrected chi connectivity index (χ1v) is 6.66. The molecule has 1 N–H and O–H groups in total. The van der Waals surface area contributed by atoms with Crippen LogP contribution in [-0.2, 0) is 17.4 Å². The summed E-state index contributed by atoms with van der Waals surface area (Å²) in [6.07, 6.45) is -5.10. The molecule has 1 aromatic heterocycles. The van der Waals surface area contributed by atoms with Gasteiger partial charge in [-0.1, -0.05) is 5.16 Å². The monoisotopic (exact) mass is 329 g/mol. The second-order valence-electron chi connectivity index (χ2n) is 4.68. The van der Waals surface area contributed by atoms with Gasteiger partial charge in [-0.3, -0.25) is 4.79 Å². The van der Waals surface area contributed by atoms with Crippen LogP contribution in [0.5, 0.6) is 5.75 Å². The predicted molar refractivity (Wildman–Crippen MR) is 72.6 cm³/mol. The third-order valence-corrected chi connectivity index (χ3v) is 2.92. The molecule has 6 nitrogen and oxygen atoms in total. The summed E-state index contributed by atoms with van der Waals surface area (Å²) < 4.78 is 47.9. The zero-order valence-electron chi connectivity index (χ0n) is 12.3. The number of carbonyl (C=O) groups excluding carboxylic acids is 1. The summed E-state index contributed by atoms with van der Waals surface area (Å²) in [4.78, 5) is 15.2. The van der Waals surface area contributed by atoms with Crippen LogP contribution in [0.3, 0.4) is 0 Å². The standard InChI is InChI=1S/C14H14F3N3O3/c1-8(13-19-11(20-23-13)7-12(21)18-2)22-10-5-3-9(4-6-10)14(15,16)17/h3-6,8H,7H2,1-2H3,(H,18,21). The maximum atomic E-state index is 12.5. The number of benzene rings is 1. The molecule has 1 aromatic carbocycles. The van der Waals surface area contributed by atoms with Crippen LogP contribution < -0.4 is 10.1 Å². The summed E-state index contributed by atoms with van der Waals surface area (Å²) in [6, 6.07) is 4.27. The second-order valence-corrected chi connectivity index (χ2v) is 4.68. The van der Waals surface area contributed by atoms with Gasteiger partial charge in [0, 0.05) is 7.05 Å². The van der Waals surface area contributed by atoms with E-state index >= 15 is 0 Å². The molecule has 2 rings (SSSR count). The minimum Gasteiger partial charge on any atom is -0.481 e. The van der Waals surface area contributed by atoms with Gasteiger partial charge in [0.2, 0.25) is 5.91 Å². The zero-order valence-corrected chi connectivity index (χ0v) is 12.3. The van der Waals surface area contributed by atoms with Gasteiger partial charge in [0.25, 0.3) is 5.89 Å². The highest BCUT2D eigenvalue weighted by Gasteiger charge is 2.30. The van der Waals surface area contributed by atoms with Gasteiger partial charge in [0.05, 0.1) is 12.0 Å². The molecular weight excluding hydrogens is 315 g/mol. The van der Waals surface area contributed by atoms with Crippen LogP contribution in [0.25, 0.3) is 0 Å². The Balaban J connectivity index is 2.01. The summed E-state index contributed by atoms with van der Waals surface area (Å²) in [5, 5.41) is 6.06. The average Bonchev–Trinajstić information content (AvgIpc) is 2.95. The fourth-order valence-electron chi connectivity index (χ4n) is 1.71. The Labute approximate surface area is 129 Å². The van der Waals surface area contributed by atoms with Gasteiger partial charge in [0.15, 0.2) is 11.9 Å². The van der Waals surface area contributed by atoms with Crippen LogP contribution in [0.2, 0.25) is 0 Å². The van der Waals surface area contributed by atoms with E-state index in [4.69, 9.17) is 9.26 Å². The lowest BCUT2D eigenvalue weighted by Crippen LogP contribution is -2.20. The van der Waals surface area contributed by atoms with Gasteiger partial charge in [-0.15, -0.1) is 0 Å². The number of ether oxygens (including phenoxy) is 1. The third kappa shape index (κ3) is 4.44. The van der Waals surface area contributed by atoms with Crippen molar-refractivity contribution in [2.24, 2.45) is 0 Å². The molecule has 0 fully saturated rings. The van der Waals surface area contributed by atoms with Crippen LogP contribution in [-0.4, -0.2) is 23.1 Å². The number of rotatable bonds is 5. The Bertz CT molecular complexity index is 668. The molecule has 0 aliphatic carbocycles. The average molecular weight is 329 g/mol. The quantitative estimate of drug-likeness (QED) is 0.912. The molecule has 0 radical (unpaired) electrons. The van der Waals surface area contributed by atoms with Gasteiger partial charge in [-0.25, -0.2) is 0 Å². The highest BCUT2D eigenvalue weighted by atomic mass is 19.4. The number of halogens is 3. The summed E-state index contributed by atoms with van der Waals surface area (Å²) in [6.45, 7) is 1.61. The molecule has 1 unspecified atom stereocenters. The first-order chi connectivity index (χ1) is 10.8. The lowest BCUT2D eigenvalue weighted by atomic mass is 10.2. The Morgan fingerprint density at radius 1 is 1.35 bits per heavy atom. The molecule has 0 saturated heterocycles. The smallest absolute Gasteiger partial charge is 0.416 e. The van der Waals surface area contributed by atoms with Crippen LogP contribution in [0, 0.1) is 0 Å². The van der Waals surface area contributed by atoms with Crippen LogP contribution >= 0.6 is 0 Å². The van der Waals surface area contributed by atoms with E-state index in [0.717, 1.165) is 12.1 Å². The number of amides is 1. The minimum atomic E-state index is -4.40.